The van der Waals surface area contributed by atoms with E-state index in [2.05, 4.69) is 36.9 Å². The highest BCUT2D eigenvalue weighted by molar-refractivity contribution is 5.64. The summed E-state index contributed by atoms with van der Waals surface area (Å²) in [5, 5.41) is 0. The first-order valence-electron chi connectivity index (χ1n) is 3.82. The van der Waals surface area contributed by atoms with Gasteiger partial charge in [0.25, 0.3) is 0 Å². The van der Waals surface area contributed by atoms with Gasteiger partial charge >= 0.3 is 0 Å². The fourth-order valence-corrected chi connectivity index (χ4v) is 1.39. The van der Waals surface area contributed by atoms with E-state index in [4.69, 9.17) is 0 Å². The van der Waals surface area contributed by atoms with Crippen LogP contribution in [0.1, 0.15) is 16.7 Å². The van der Waals surface area contributed by atoms with Gasteiger partial charge in [0.05, 0.1) is 0 Å². The van der Waals surface area contributed by atoms with Crippen LogP contribution in [0.3, 0.4) is 0 Å². The van der Waals surface area contributed by atoms with Gasteiger partial charge in [-0.3, -0.25) is 0 Å². The molecular formula is C11H10. The van der Waals surface area contributed by atoms with E-state index >= 15 is 0 Å². The van der Waals surface area contributed by atoms with Crippen molar-refractivity contribution in [2.45, 2.75) is 6.42 Å². The van der Waals surface area contributed by atoms with Crippen LogP contribution < -0.4 is 0 Å². The second-order valence-corrected chi connectivity index (χ2v) is 2.77. The van der Waals surface area contributed by atoms with Crippen molar-refractivity contribution in [3.8, 4) is 0 Å². The van der Waals surface area contributed by atoms with Gasteiger partial charge in [0.1, 0.15) is 0 Å². The molecule has 0 fully saturated rings. The van der Waals surface area contributed by atoms with E-state index in [1.807, 2.05) is 6.08 Å². The molecule has 0 aromatic heterocycles. The summed E-state index contributed by atoms with van der Waals surface area (Å²) in [5.74, 6) is 0. The Morgan fingerprint density at radius 2 is 2.27 bits per heavy atom. The lowest BCUT2D eigenvalue weighted by Gasteiger charge is -1.98. The molecular weight excluding hydrogens is 132 g/mol. The van der Waals surface area contributed by atoms with E-state index in [1.54, 1.807) is 0 Å². The summed E-state index contributed by atoms with van der Waals surface area (Å²) in [6, 6.07) is 6.46. The Labute approximate surface area is 66.9 Å². The van der Waals surface area contributed by atoms with Crippen LogP contribution in [0.2, 0.25) is 0 Å². The van der Waals surface area contributed by atoms with Crippen LogP contribution in [0.5, 0.6) is 0 Å². The summed E-state index contributed by atoms with van der Waals surface area (Å²) in [5.41, 5.74) is 3.98. The van der Waals surface area contributed by atoms with Gasteiger partial charge < -0.3 is 0 Å². The van der Waals surface area contributed by atoms with E-state index in [1.165, 1.54) is 16.7 Å². The molecule has 1 aromatic rings. The van der Waals surface area contributed by atoms with Gasteiger partial charge in [-0.1, -0.05) is 36.9 Å². The summed E-state index contributed by atoms with van der Waals surface area (Å²) in [6.45, 7) is 3.73. The number of allylic oxidation sites excluding steroid dienone is 1. The smallest absolute Gasteiger partial charge is 0.00882 e. The highest BCUT2D eigenvalue weighted by Gasteiger charge is 2.03. The summed E-state index contributed by atoms with van der Waals surface area (Å²) in [4.78, 5) is 0. The van der Waals surface area contributed by atoms with E-state index in [-0.39, 0.29) is 0 Å². The molecule has 11 heavy (non-hydrogen) atoms. The maximum atomic E-state index is 3.73. The first-order valence-corrected chi connectivity index (χ1v) is 3.82. The van der Waals surface area contributed by atoms with E-state index in [9.17, 15) is 0 Å². The summed E-state index contributed by atoms with van der Waals surface area (Å²) >= 11 is 0. The van der Waals surface area contributed by atoms with Crippen LogP contribution in [0, 0.1) is 0 Å². The standard InChI is InChI=1S/C11H10/c1-2-9-6-7-10-4-3-5-11(10)8-9/h2-3,5-8H,1,4H2. The minimum Gasteiger partial charge on any atom is -0.0985 e. The van der Waals surface area contributed by atoms with Crippen molar-refractivity contribution in [2.75, 3.05) is 0 Å². The van der Waals surface area contributed by atoms with Gasteiger partial charge in [-0.15, -0.1) is 0 Å². The normalized spacial score (nSPS) is 13.1. The first-order chi connectivity index (χ1) is 5.40. The maximum absolute atomic E-state index is 3.73. The van der Waals surface area contributed by atoms with Crippen LogP contribution in [0.4, 0.5) is 0 Å². The third kappa shape index (κ3) is 1.01. The SMILES string of the molecule is C=Cc1ccc2c(c1)C=CC2. The second kappa shape index (κ2) is 2.39. The quantitative estimate of drug-likeness (QED) is 0.565. The zero-order valence-corrected chi connectivity index (χ0v) is 6.38. The third-order valence-corrected chi connectivity index (χ3v) is 2.04. The topological polar surface area (TPSA) is 0 Å². The lowest BCUT2D eigenvalue weighted by Crippen LogP contribution is -1.81. The minimum absolute atomic E-state index is 1.09. The Morgan fingerprint density at radius 3 is 3.09 bits per heavy atom. The highest BCUT2D eigenvalue weighted by atomic mass is 14.1. The molecule has 0 atom stereocenters. The number of hydrogen-bond acceptors (Lipinski definition) is 0. The average Bonchev–Trinajstić information content (AvgIpc) is 2.50. The minimum atomic E-state index is 1.09. The molecule has 0 heterocycles. The summed E-state index contributed by atoms with van der Waals surface area (Å²) < 4.78 is 0. The molecule has 0 N–H and O–H groups in total. The van der Waals surface area contributed by atoms with Crippen LogP contribution in [0.25, 0.3) is 12.2 Å². The van der Waals surface area contributed by atoms with Gasteiger partial charge in [-0.25, -0.2) is 0 Å². The van der Waals surface area contributed by atoms with Gasteiger partial charge in [0.2, 0.25) is 0 Å². The average molecular weight is 142 g/mol. The lowest BCUT2D eigenvalue weighted by atomic mass is 10.1. The predicted octanol–water partition coefficient (Wildman–Crippen LogP) is 2.90. The molecule has 1 aliphatic carbocycles. The molecule has 0 aliphatic heterocycles. The molecule has 0 saturated heterocycles. The van der Waals surface area contributed by atoms with Gasteiger partial charge in [-0.05, 0) is 29.2 Å². The molecule has 54 valence electrons. The molecule has 0 nitrogen and oxygen atoms in total. The summed E-state index contributed by atoms with van der Waals surface area (Å²) in [7, 11) is 0. The Balaban J connectivity index is 2.55. The molecule has 1 aliphatic rings. The first kappa shape index (κ1) is 6.41. The third-order valence-electron chi connectivity index (χ3n) is 2.04. The zero-order valence-electron chi connectivity index (χ0n) is 6.38. The monoisotopic (exact) mass is 142 g/mol. The number of hydrogen-bond donors (Lipinski definition) is 0. The van der Waals surface area contributed by atoms with Crippen molar-refractivity contribution < 1.29 is 0 Å². The number of fused-ring (bicyclic) bond motifs is 1. The van der Waals surface area contributed by atoms with E-state index < -0.39 is 0 Å². The summed E-state index contributed by atoms with van der Waals surface area (Å²) in [6.07, 6.45) is 7.33. The zero-order chi connectivity index (χ0) is 7.68. The van der Waals surface area contributed by atoms with Crippen molar-refractivity contribution in [1.29, 1.82) is 0 Å². The van der Waals surface area contributed by atoms with Crippen LogP contribution in [0.15, 0.2) is 30.9 Å². The van der Waals surface area contributed by atoms with Crippen LogP contribution in [-0.2, 0) is 6.42 Å². The Hall–Kier alpha value is -1.30. The second-order valence-electron chi connectivity index (χ2n) is 2.77. The lowest BCUT2D eigenvalue weighted by molar-refractivity contribution is 1.31. The number of benzene rings is 1. The highest BCUT2D eigenvalue weighted by Crippen LogP contribution is 2.20. The Bertz CT molecular complexity index is 319. The molecule has 0 radical (unpaired) electrons. The fraction of sp³-hybridized carbons (Fsp3) is 0.0909. The van der Waals surface area contributed by atoms with Crippen molar-refractivity contribution in [2.24, 2.45) is 0 Å². The van der Waals surface area contributed by atoms with E-state index in [0.717, 1.165) is 6.42 Å². The van der Waals surface area contributed by atoms with Crippen molar-refractivity contribution in [3.05, 3.63) is 47.5 Å². The van der Waals surface area contributed by atoms with Crippen molar-refractivity contribution >= 4 is 12.2 Å². The molecule has 0 amide bonds. The van der Waals surface area contributed by atoms with Gasteiger partial charge in [0, 0.05) is 0 Å². The molecule has 0 saturated carbocycles. The predicted molar refractivity (Wildman–Crippen MR) is 49.3 cm³/mol. The maximum Gasteiger partial charge on any atom is -0.00882 e. The Kier molecular flexibility index (Phi) is 1.39. The molecule has 0 bridgehead atoms. The molecule has 1 aromatic carbocycles. The largest absolute Gasteiger partial charge is 0.0985 e. The molecule has 0 spiro atoms. The molecule has 2 rings (SSSR count). The van der Waals surface area contributed by atoms with Gasteiger partial charge in [-0.2, -0.15) is 0 Å². The Morgan fingerprint density at radius 1 is 1.36 bits per heavy atom. The molecule has 0 heteroatoms. The fourth-order valence-electron chi connectivity index (χ4n) is 1.39. The van der Waals surface area contributed by atoms with E-state index in [0.29, 0.717) is 0 Å². The van der Waals surface area contributed by atoms with Crippen LogP contribution in [-0.4, -0.2) is 0 Å². The van der Waals surface area contributed by atoms with Crippen molar-refractivity contribution in [1.82, 2.24) is 0 Å². The number of rotatable bonds is 1. The molecule has 0 unspecified atom stereocenters. The van der Waals surface area contributed by atoms with Crippen molar-refractivity contribution in [3.63, 3.8) is 0 Å². The van der Waals surface area contributed by atoms with Gasteiger partial charge in [0.15, 0.2) is 0 Å². The van der Waals surface area contributed by atoms with Crippen LogP contribution >= 0.6 is 0 Å².